The van der Waals surface area contributed by atoms with E-state index in [4.69, 9.17) is 4.74 Å². The van der Waals surface area contributed by atoms with Gasteiger partial charge in [0.05, 0.1) is 7.11 Å². The van der Waals surface area contributed by atoms with Crippen LogP contribution in [0.3, 0.4) is 0 Å². The summed E-state index contributed by atoms with van der Waals surface area (Å²) in [5.41, 5.74) is 0.357. The zero-order chi connectivity index (χ0) is 15.9. The number of urea groups is 1. The summed E-state index contributed by atoms with van der Waals surface area (Å²) >= 11 is 2.79. The maximum Gasteiger partial charge on any atom is 0.328 e. The highest BCUT2D eigenvalue weighted by atomic mass is 32.2. The number of methoxy groups -OCH3 is 1. The normalized spacial score (nSPS) is 10.1. The summed E-state index contributed by atoms with van der Waals surface area (Å²) in [5.74, 6) is 1.00. The Kier molecular flexibility index (Phi) is 5.73. The minimum Gasteiger partial charge on any atom is -0.497 e. The SMILES string of the molecule is CCSc1nnc(NC(=O)NC(=O)c2ccc(OC)cc2)s1. The molecule has 9 heteroatoms. The van der Waals surface area contributed by atoms with Crippen LogP contribution in [0.5, 0.6) is 5.75 Å². The molecule has 0 saturated carbocycles. The van der Waals surface area contributed by atoms with Crippen LogP contribution in [0.15, 0.2) is 28.6 Å². The zero-order valence-electron chi connectivity index (χ0n) is 12.0. The highest BCUT2D eigenvalue weighted by Gasteiger charge is 2.12. The number of amides is 3. The van der Waals surface area contributed by atoms with Gasteiger partial charge < -0.3 is 4.74 Å². The summed E-state index contributed by atoms with van der Waals surface area (Å²) < 4.78 is 5.77. The van der Waals surface area contributed by atoms with E-state index in [9.17, 15) is 9.59 Å². The van der Waals surface area contributed by atoms with E-state index in [0.717, 1.165) is 10.1 Å². The van der Waals surface area contributed by atoms with Crippen LogP contribution in [-0.2, 0) is 0 Å². The molecule has 0 aliphatic heterocycles. The highest BCUT2D eigenvalue weighted by molar-refractivity contribution is 8.01. The van der Waals surface area contributed by atoms with Gasteiger partial charge in [-0.1, -0.05) is 30.0 Å². The third kappa shape index (κ3) is 4.43. The second-order valence-electron chi connectivity index (χ2n) is 3.94. The van der Waals surface area contributed by atoms with Crippen LogP contribution in [0.25, 0.3) is 0 Å². The average molecular weight is 338 g/mol. The lowest BCUT2D eigenvalue weighted by molar-refractivity contribution is 0.0967. The number of ether oxygens (including phenoxy) is 1. The molecule has 7 nitrogen and oxygen atoms in total. The van der Waals surface area contributed by atoms with E-state index in [0.29, 0.717) is 16.4 Å². The van der Waals surface area contributed by atoms with Crippen molar-refractivity contribution in [2.24, 2.45) is 0 Å². The van der Waals surface area contributed by atoms with Gasteiger partial charge in [0.2, 0.25) is 5.13 Å². The molecule has 0 unspecified atom stereocenters. The van der Waals surface area contributed by atoms with Gasteiger partial charge in [0.1, 0.15) is 5.75 Å². The number of aromatic nitrogens is 2. The Bertz CT molecular complexity index is 658. The van der Waals surface area contributed by atoms with E-state index < -0.39 is 11.9 Å². The first kappa shape index (κ1) is 16.2. The van der Waals surface area contributed by atoms with Gasteiger partial charge in [0.15, 0.2) is 4.34 Å². The highest BCUT2D eigenvalue weighted by Crippen LogP contribution is 2.24. The van der Waals surface area contributed by atoms with E-state index in [1.165, 1.54) is 30.2 Å². The molecular formula is C13H14N4O3S2. The summed E-state index contributed by atoms with van der Waals surface area (Å²) in [7, 11) is 1.54. The molecule has 0 aliphatic carbocycles. The lowest BCUT2D eigenvalue weighted by Gasteiger charge is -2.05. The molecule has 22 heavy (non-hydrogen) atoms. The molecule has 0 bridgehead atoms. The van der Waals surface area contributed by atoms with Gasteiger partial charge in [0.25, 0.3) is 5.91 Å². The summed E-state index contributed by atoms with van der Waals surface area (Å²) in [4.78, 5) is 23.7. The van der Waals surface area contributed by atoms with Gasteiger partial charge in [-0.05, 0) is 30.0 Å². The van der Waals surface area contributed by atoms with Crippen LogP contribution in [0.2, 0.25) is 0 Å². The van der Waals surface area contributed by atoms with Crippen molar-refractivity contribution < 1.29 is 14.3 Å². The molecular weight excluding hydrogens is 324 g/mol. The zero-order valence-corrected chi connectivity index (χ0v) is 13.6. The summed E-state index contributed by atoms with van der Waals surface area (Å²) in [6, 6.07) is 5.78. The predicted molar refractivity (Wildman–Crippen MR) is 85.8 cm³/mol. The smallest absolute Gasteiger partial charge is 0.328 e. The topological polar surface area (TPSA) is 93.2 Å². The van der Waals surface area contributed by atoms with Crippen LogP contribution in [0, 0.1) is 0 Å². The van der Waals surface area contributed by atoms with E-state index >= 15 is 0 Å². The van der Waals surface area contributed by atoms with Gasteiger partial charge in [-0.25, -0.2) is 4.79 Å². The van der Waals surface area contributed by atoms with Gasteiger partial charge in [0, 0.05) is 5.56 Å². The van der Waals surface area contributed by atoms with Crippen molar-refractivity contribution in [2.45, 2.75) is 11.3 Å². The fraction of sp³-hybridized carbons (Fsp3) is 0.231. The fourth-order valence-electron chi connectivity index (χ4n) is 1.49. The first-order valence-corrected chi connectivity index (χ1v) is 8.15. The second-order valence-corrected chi connectivity index (χ2v) is 6.43. The molecule has 3 amide bonds. The number of nitrogens with zero attached hydrogens (tertiary/aromatic N) is 2. The molecule has 0 radical (unpaired) electrons. The van der Waals surface area contributed by atoms with Crippen molar-refractivity contribution in [1.29, 1.82) is 0 Å². The number of rotatable bonds is 5. The summed E-state index contributed by atoms with van der Waals surface area (Å²) in [6.07, 6.45) is 0. The molecule has 2 N–H and O–H groups in total. The molecule has 0 aliphatic rings. The van der Waals surface area contributed by atoms with Crippen molar-refractivity contribution in [3.63, 3.8) is 0 Å². The first-order valence-electron chi connectivity index (χ1n) is 6.35. The van der Waals surface area contributed by atoms with E-state index in [-0.39, 0.29) is 0 Å². The minimum absolute atomic E-state index is 0.344. The van der Waals surface area contributed by atoms with E-state index in [2.05, 4.69) is 20.8 Å². The molecule has 0 saturated heterocycles. The van der Waals surface area contributed by atoms with Crippen molar-refractivity contribution in [1.82, 2.24) is 15.5 Å². The number of hydrogen-bond donors (Lipinski definition) is 2. The number of benzene rings is 1. The van der Waals surface area contributed by atoms with E-state index in [1.807, 2.05) is 6.92 Å². The quantitative estimate of drug-likeness (QED) is 0.643. The molecule has 116 valence electrons. The van der Waals surface area contributed by atoms with Crippen LogP contribution in [-0.4, -0.2) is 35.0 Å². The molecule has 0 fully saturated rings. The first-order chi connectivity index (χ1) is 10.6. The molecule has 0 atom stereocenters. The van der Waals surface area contributed by atoms with Crippen molar-refractivity contribution in [3.8, 4) is 5.75 Å². The Hall–Kier alpha value is -2.13. The van der Waals surface area contributed by atoms with Gasteiger partial charge in [-0.3, -0.25) is 15.4 Å². The monoisotopic (exact) mass is 338 g/mol. The Morgan fingerprint density at radius 1 is 1.27 bits per heavy atom. The Morgan fingerprint density at radius 3 is 2.64 bits per heavy atom. The van der Waals surface area contributed by atoms with Crippen molar-refractivity contribution >= 4 is 40.2 Å². The Morgan fingerprint density at radius 2 is 2.00 bits per heavy atom. The number of carbonyl (C=O) groups excluding carboxylic acids is 2. The lowest BCUT2D eigenvalue weighted by Crippen LogP contribution is -2.34. The number of carbonyl (C=O) groups is 2. The van der Waals surface area contributed by atoms with Gasteiger partial charge >= 0.3 is 6.03 Å². The standard InChI is InChI=1S/C13H14N4O3S2/c1-3-21-13-17-16-12(22-13)15-11(19)14-10(18)8-4-6-9(20-2)7-5-8/h4-7H,3H2,1-2H3,(H2,14,15,16,18,19). The van der Waals surface area contributed by atoms with E-state index in [1.54, 1.807) is 24.3 Å². The second kappa shape index (κ2) is 7.76. The van der Waals surface area contributed by atoms with Crippen LogP contribution < -0.4 is 15.4 Å². The Labute approximate surface area is 135 Å². The number of hydrogen-bond acceptors (Lipinski definition) is 7. The minimum atomic E-state index is -0.648. The summed E-state index contributed by atoms with van der Waals surface area (Å²) in [5, 5.41) is 12.8. The lowest BCUT2D eigenvalue weighted by atomic mass is 10.2. The molecule has 0 spiro atoms. The van der Waals surface area contributed by atoms with Crippen LogP contribution in [0.4, 0.5) is 9.93 Å². The van der Waals surface area contributed by atoms with Crippen LogP contribution >= 0.6 is 23.1 Å². The average Bonchev–Trinajstić information content (AvgIpc) is 2.94. The number of anilines is 1. The molecule has 1 aromatic carbocycles. The number of imide groups is 1. The molecule has 1 heterocycles. The maximum atomic E-state index is 11.9. The molecule has 2 rings (SSSR count). The largest absolute Gasteiger partial charge is 0.497 e. The molecule has 1 aromatic heterocycles. The third-order valence-electron chi connectivity index (χ3n) is 2.47. The molecule has 2 aromatic rings. The van der Waals surface area contributed by atoms with Gasteiger partial charge in [-0.2, -0.15) is 0 Å². The van der Waals surface area contributed by atoms with Gasteiger partial charge in [-0.15, -0.1) is 10.2 Å². The Balaban J connectivity index is 1.91. The fourth-order valence-corrected chi connectivity index (χ4v) is 3.13. The van der Waals surface area contributed by atoms with Crippen LogP contribution in [0.1, 0.15) is 17.3 Å². The predicted octanol–water partition coefficient (Wildman–Crippen LogP) is 2.62. The number of nitrogens with one attached hydrogen (secondary N) is 2. The van der Waals surface area contributed by atoms with Crippen molar-refractivity contribution in [2.75, 3.05) is 18.2 Å². The maximum absolute atomic E-state index is 11.9. The summed E-state index contributed by atoms with van der Waals surface area (Å²) in [6.45, 7) is 2.00. The third-order valence-corrected chi connectivity index (χ3v) is 4.33. The van der Waals surface area contributed by atoms with Crippen molar-refractivity contribution in [3.05, 3.63) is 29.8 Å². The number of thioether (sulfide) groups is 1.